The van der Waals surface area contributed by atoms with Crippen LogP contribution in [0.15, 0.2) is 30.5 Å². The molecule has 2 amide bonds. The number of ether oxygens (including phenoxy) is 1. The molecule has 2 aromatic rings. The fraction of sp³-hybridized carbons (Fsp3) is 0.278. The summed E-state index contributed by atoms with van der Waals surface area (Å²) in [6.07, 6.45) is -3.64. The lowest BCUT2D eigenvalue weighted by Crippen LogP contribution is -2.17. The van der Waals surface area contributed by atoms with E-state index >= 15 is 0 Å². The van der Waals surface area contributed by atoms with Crippen LogP contribution in [0.4, 0.5) is 23.2 Å². The molecule has 0 aliphatic carbocycles. The van der Waals surface area contributed by atoms with Gasteiger partial charge >= 0.3 is 12.1 Å². The van der Waals surface area contributed by atoms with Crippen LogP contribution in [0, 0.1) is 5.82 Å². The number of benzene rings is 1. The molecule has 156 valence electrons. The Morgan fingerprint density at radius 1 is 1.17 bits per heavy atom. The molecule has 1 aromatic carbocycles. The van der Waals surface area contributed by atoms with E-state index in [4.69, 9.17) is 10.5 Å². The first-order chi connectivity index (χ1) is 13.5. The number of nitrogens with one attached hydrogen (secondary N) is 1. The van der Waals surface area contributed by atoms with Gasteiger partial charge in [0.25, 0.3) is 5.91 Å². The van der Waals surface area contributed by atoms with Gasteiger partial charge in [-0.25, -0.2) is 9.18 Å². The number of esters is 1. The molecule has 0 radical (unpaired) electrons. The summed E-state index contributed by atoms with van der Waals surface area (Å²) < 4.78 is 58.1. The van der Waals surface area contributed by atoms with E-state index in [9.17, 15) is 31.9 Å². The Hall–Kier alpha value is -3.37. The molecule has 29 heavy (non-hydrogen) atoms. The molecule has 0 saturated heterocycles. The Balaban J connectivity index is 2.30. The zero-order chi connectivity index (χ0) is 21.8. The normalized spacial score (nSPS) is 11.2. The highest BCUT2D eigenvalue weighted by atomic mass is 19.4. The summed E-state index contributed by atoms with van der Waals surface area (Å²) in [4.78, 5) is 35.3. The number of halogens is 4. The number of carbonyl (C=O) groups is 3. The van der Waals surface area contributed by atoms with Crippen molar-refractivity contribution in [2.75, 3.05) is 11.9 Å². The minimum Gasteiger partial charge on any atom is -0.461 e. The van der Waals surface area contributed by atoms with Gasteiger partial charge in [-0.3, -0.25) is 9.59 Å². The summed E-state index contributed by atoms with van der Waals surface area (Å²) in [7, 11) is 0. The van der Waals surface area contributed by atoms with Gasteiger partial charge in [0.05, 0.1) is 17.9 Å². The summed E-state index contributed by atoms with van der Waals surface area (Å²) in [5, 5.41) is 2.29. The second-order valence-corrected chi connectivity index (χ2v) is 5.92. The first-order valence-electron chi connectivity index (χ1n) is 8.36. The number of nitrogens with zero attached hydrogens (tertiary/aromatic N) is 1. The fourth-order valence-electron chi connectivity index (χ4n) is 2.46. The van der Waals surface area contributed by atoms with Gasteiger partial charge in [0, 0.05) is 24.7 Å². The Bertz CT molecular complexity index is 938. The van der Waals surface area contributed by atoms with Crippen molar-refractivity contribution in [3.05, 3.63) is 53.1 Å². The largest absolute Gasteiger partial charge is 0.461 e. The Morgan fingerprint density at radius 2 is 1.86 bits per heavy atom. The van der Waals surface area contributed by atoms with E-state index < -0.39 is 40.9 Å². The first kappa shape index (κ1) is 21.9. The second-order valence-electron chi connectivity index (χ2n) is 5.92. The Morgan fingerprint density at radius 3 is 2.45 bits per heavy atom. The van der Waals surface area contributed by atoms with Gasteiger partial charge in [-0.1, -0.05) is 0 Å². The molecule has 0 aliphatic rings. The predicted molar refractivity (Wildman–Crippen MR) is 93.6 cm³/mol. The quantitative estimate of drug-likeness (QED) is 0.536. The third-order valence-corrected chi connectivity index (χ3v) is 3.73. The minimum atomic E-state index is -4.83. The Labute approximate surface area is 162 Å². The van der Waals surface area contributed by atoms with Gasteiger partial charge < -0.3 is 20.4 Å². The zero-order valence-corrected chi connectivity index (χ0v) is 15.2. The van der Waals surface area contributed by atoms with Crippen LogP contribution >= 0.6 is 0 Å². The van der Waals surface area contributed by atoms with Gasteiger partial charge in [-0.2, -0.15) is 13.2 Å². The molecule has 2 rings (SSSR count). The summed E-state index contributed by atoms with van der Waals surface area (Å²) in [5.74, 6) is -3.60. The van der Waals surface area contributed by atoms with Crippen molar-refractivity contribution in [1.82, 2.24) is 4.57 Å². The van der Waals surface area contributed by atoms with E-state index in [-0.39, 0.29) is 37.0 Å². The van der Waals surface area contributed by atoms with Crippen LogP contribution in [0.1, 0.15) is 39.8 Å². The molecule has 1 heterocycles. The van der Waals surface area contributed by atoms with Crippen LogP contribution < -0.4 is 11.1 Å². The molecular weight excluding hydrogens is 398 g/mol. The number of alkyl halides is 3. The van der Waals surface area contributed by atoms with Crippen LogP contribution in [0.5, 0.6) is 0 Å². The number of hydrogen-bond acceptors (Lipinski definition) is 4. The van der Waals surface area contributed by atoms with Crippen molar-refractivity contribution in [3.63, 3.8) is 0 Å². The number of carbonyl (C=O) groups excluding carboxylic acids is 3. The molecule has 0 saturated carbocycles. The maximum absolute atomic E-state index is 13.5. The summed E-state index contributed by atoms with van der Waals surface area (Å²) >= 11 is 0. The number of aromatic nitrogens is 1. The number of rotatable bonds is 7. The average molecular weight is 415 g/mol. The van der Waals surface area contributed by atoms with Crippen molar-refractivity contribution in [3.8, 4) is 0 Å². The molecule has 0 aliphatic heterocycles. The highest BCUT2D eigenvalue weighted by Gasteiger charge is 2.32. The SMILES string of the molecule is CCOC(=O)c1cc(NC(=O)c2cc(F)cc(C(F)(F)F)c2)cn1CCC(N)=O. The van der Waals surface area contributed by atoms with E-state index in [1.54, 1.807) is 6.92 Å². The first-order valence-corrected chi connectivity index (χ1v) is 8.36. The lowest BCUT2D eigenvalue weighted by molar-refractivity contribution is -0.137. The second kappa shape index (κ2) is 8.76. The third-order valence-electron chi connectivity index (χ3n) is 3.73. The number of amides is 2. The number of nitrogens with two attached hydrogens (primary N) is 1. The number of anilines is 1. The van der Waals surface area contributed by atoms with Crippen LogP contribution in [0.2, 0.25) is 0 Å². The highest BCUT2D eigenvalue weighted by Crippen LogP contribution is 2.30. The van der Waals surface area contributed by atoms with Crippen molar-refractivity contribution >= 4 is 23.5 Å². The Kier molecular flexibility index (Phi) is 6.62. The highest BCUT2D eigenvalue weighted by molar-refractivity contribution is 6.05. The molecule has 0 fully saturated rings. The van der Waals surface area contributed by atoms with E-state index in [0.29, 0.717) is 12.1 Å². The minimum absolute atomic E-state index is 0.00128. The number of hydrogen-bond donors (Lipinski definition) is 2. The van der Waals surface area contributed by atoms with Gasteiger partial charge in [0.1, 0.15) is 11.5 Å². The summed E-state index contributed by atoms with van der Waals surface area (Å²) in [5.41, 5.74) is 3.26. The maximum atomic E-state index is 13.5. The molecule has 0 atom stereocenters. The lowest BCUT2D eigenvalue weighted by atomic mass is 10.1. The molecule has 3 N–H and O–H groups in total. The maximum Gasteiger partial charge on any atom is 0.416 e. The molecular formula is C18H17F4N3O4. The number of aryl methyl sites for hydroxylation is 1. The molecule has 11 heteroatoms. The molecule has 0 unspecified atom stereocenters. The summed E-state index contributed by atoms with van der Waals surface area (Å²) in [6.45, 7) is 1.67. The van der Waals surface area contributed by atoms with Crippen molar-refractivity contribution in [2.45, 2.75) is 26.1 Å². The van der Waals surface area contributed by atoms with Gasteiger partial charge in [0.2, 0.25) is 5.91 Å². The van der Waals surface area contributed by atoms with E-state index in [0.717, 1.165) is 0 Å². The van der Waals surface area contributed by atoms with Gasteiger partial charge in [-0.15, -0.1) is 0 Å². The van der Waals surface area contributed by atoms with E-state index in [1.807, 2.05) is 0 Å². The van der Waals surface area contributed by atoms with E-state index in [2.05, 4.69) is 5.32 Å². The van der Waals surface area contributed by atoms with E-state index in [1.165, 1.54) is 16.8 Å². The summed E-state index contributed by atoms with van der Waals surface area (Å²) in [6, 6.07) is 2.66. The van der Waals surface area contributed by atoms with Gasteiger partial charge in [0.15, 0.2) is 0 Å². The monoisotopic (exact) mass is 415 g/mol. The standard InChI is InChI=1S/C18H17F4N3O4/c1-2-29-17(28)14-8-13(9-25(14)4-3-15(23)26)24-16(27)10-5-11(18(20,21)22)7-12(19)6-10/h5-9H,2-4H2,1H3,(H2,23,26)(H,24,27). The van der Waals surface area contributed by atoms with Crippen LogP contribution in [0.3, 0.4) is 0 Å². The topological polar surface area (TPSA) is 103 Å². The molecule has 0 spiro atoms. The number of primary amides is 1. The van der Waals surface area contributed by atoms with Gasteiger partial charge in [-0.05, 0) is 31.2 Å². The van der Waals surface area contributed by atoms with Crippen LogP contribution in [-0.2, 0) is 22.3 Å². The fourth-order valence-corrected chi connectivity index (χ4v) is 2.46. The van der Waals surface area contributed by atoms with Crippen molar-refractivity contribution in [1.29, 1.82) is 0 Å². The molecule has 0 bridgehead atoms. The average Bonchev–Trinajstić information content (AvgIpc) is 3.01. The van der Waals surface area contributed by atoms with Crippen molar-refractivity contribution in [2.24, 2.45) is 5.73 Å². The zero-order valence-electron chi connectivity index (χ0n) is 15.2. The molecule has 1 aromatic heterocycles. The predicted octanol–water partition coefficient (Wildman–Crippen LogP) is 2.95. The smallest absolute Gasteiger partial charge is 0.416 e. The van der Waals surface area contributed by atoms with Crippen LogP contribution in [-0.4, -0.2) is 29.0 Å². The van der Waals surface area contributed by atoms with Crippen molar-refractivity contribution < 1.29 is 36.7 Å². The third kappa shape index (κ3) is 5.80. The van der Waals surface area contributed by atoms with Crippen LogP contribution in [0.25, 0.3) is 0 Å². The lowest BCUT2D eigenvalue weighted by Gasteiger charge is -2.09. The molecule has 7 nitrogen and oxygen atoms in total.